The number of hydrogen-bond donors (Lipinski definition) is 0. The summed E-state index contributed by atoms with van der Waals surface area (Å²) in [6.45, 7) is 4.25. The fourth-order valence-corrected chi connectivity index (χ4v) is 2.37. The summed E-state index contributed by atoms with van der Waals surface area (Å²) in [6.07, 6.45) is 6.14. The molecule has 0 saturated heterocycles. The van der Waals surface area contributed by atoms with E-state index in [2.05, 4.69) is 43.1 Å². The minimum atomic E-state index is 0.841. The van der Waals surface area contributed by atoms with Gasteiger partial charge in [0.15, 0.2) is 5.76 Å². The molecule has 2 nitrogen and oxygen atoms in total. The number of hydrogen-bond acceptors (Lipinski definition) is 2. The lowest BCUT2D eigenvalue weighted by Gasteiger charge is -1.99. The molecular weight excluding hydrogens is 258 g/mol. The Morgan fingerprint density at radius 2 is 2.00 bits per heavy atom. The van der Waals surface area contributed by atoms with Crippen LogP contribution in [0.2, 0.25) is 0 Å². The Labute approximate surface area is 125 Å². The smallest absolute Gasteiger partial charge is 0.152 e. The van der Waals surface area contributed by atoms with Gasteiger partial charge in [-0.25, -0.2) is 4.98 Å². The van der Waals surface area contributed by atoms with Gasteiger partial charge in [0.1, 0.15) is 5.69 Å². The molecule has 0 saturated carbocycles. The molecular formula is C19H19NO. The Morgan fingerprint density at radius 1 is 1.14 bits per heavy atom. The second-order valence-corrected chi connectivity index (χ2v) is 5.53. The first kappa shape index (κ1) is 13.6. The Bertz CT molecular complexity index is 779. The maximum Gasteiger partial charge on any atom is 0.152 e. The van der Waals surface area contributed by atoms with Crippen molar-refractivity contribution in [2.24, 2.45) is 0 Å². The van der Waals surface area contributed by atoms with Crippen LogP contribution < -0.4 is 0 Å². The summed E-state index contributed by atoms with van der Waals surface area (Å²) in [7, 11) is 0. The number of aryl methyl sites for hydroxylation is 1. The first-order valence-electron chi connectivity index (χ1n) is 7.29. The van der Waals surface area contributed by atoms with Gasteiger partial charge < -0.3 is 4.42 Å². The summed E-state index contributed by atoms with van der Waals surface area (Å²) in [4.78, 5) is 4.66. The Balaban J connectivity index is 1.82. The van der Waals surface area contributed by atoms with Crippen molar-refractivity contribution < 1.29 is 4.42 Å². The molecule has 21 heavy (non-hydrogen) atoms. The first-order chi connectivity index (χ1) is 10.2. The van der Waals surface area contributed by atoms with E-state index >= 15 is 0 Å². The summed E-state index contributed by atoms with van der Waals surface area (Å²) >= 11 is 0. The highest BCUT2D eigenvalue weighted by Gasteiger charge is 2.06. The first-order valence-corrected chi connectivity index (χ1v) is 7.29. The highest BCUT2D eigenvalue weighted by atomic mass is 16.3. The predicted octanol–water partition coefficient (Wildman–Crippen LogP) is 5.39. The lowest BCUT2D eigenvalue weighted by Crippen LogP contribution is -1.83. The predicted molar refractivity (Wildman–Crippen MR) is 87.2 cm³/mol. The van der Waals surface area contributed by atoms with E-state index in [-0.39, 0.29) is 0 Å². The molecule has 0 amide bonds. The molecule has 0 atom stereocenters. The molecule has 0 unspecified atom stereocenters. The summed E-state index contributed by atoms with van der Waals surface area (Å²) in [5, 5.41) is 1.15. The van der Waals surface area contributed by atoms with Crippen LogP contribution in [-0.2, 0) is 6.42 Å². The van der Waals surface area contributed by atoms with Crippen LogP contribution in [0.5, 0.6) is 0 Å². The van der Waals surface area contributed by atoms with Crippen LogP contribution in [0.15, 0.2) is 64.8 Å². The van der Waals surface area contributed by atoms with Gasteiger partial charge in [-0.3, -0.25) is 0 Å². The molecule has 2 aromatic heterocycles. The topological polar surface area (TPSA) is 26.0 Å². The Morgan fingerprint density at radius 3 is 2.86 bits per heavy atom. The second-order valence-electron chi connectivity index (χ2n) is 5.53. The molecule has 2 heteroatoms. The van der Waals surface area contributed by atoms with Crippen LogP contribution in [0.1, 0.15) is 25.8 Å². The fourth-order valence-electron chi connectivity index (χ4n) is 2.37. The number of benzene rings is 1. The minimum absolute atomic E-state index is 0.841. The summed E-state index contributed by atoms with van der Waals surface area (Å²) in [6, 6.07) is 14.3. The summed E-state index contributed by atoms with van der Waals surface area (Å²) in [5.41, 5.74) is 4.46. The fraction of sp³-hybridized carbons (Fsp3) is 0.211. The van der Waals surface area contributed by atoms with Crippen LogP contribution in [0, 0.1) is 0 Å². The van der Waals surface area contributed by atoms with Crippen molar-refractivity contribution >= 4 is 10.9 Å². The number of fused-ring (bicyclic) bond motifs is 1. The van der Waals surface area contributed by atoms with Crippen LogP contribution in [-0.4, -0.2) is 4.98 Å². The maximum absolute atomic E-state index is 5.67. The van der Waals surface area contributed by atoms with Gasteiger partial charge in [0.2, 0.25) is 0 Å². The SMILES string of the molecule is CC(C)=CCCc1coc(-c2ccc3ccccc3n2)c1. The third-order valence-corrected chi connectivity index (χ3v) is 3.49. The van der Waals surface area contributed by atoms with Gasteiger partial charge in [0, 0.05) is 5.39 Å². The van der Waals surface area contributed by atoms with E-state index in [9.17, 15) is 0 Å². The van der Waals surface area contributed by atoms with E-state index in [1.807, 2.05) is 30.5 Å². The molecule has 106 valence electrons. The van der Waals surface area contributed by atoms with Crippen molar-refractivity contribution in [3.63, 3.8) is 0 Å². The van der Waals surface area contributed by atoms with Crippen LogP contribution in [0.25, 0.3) is 22.4 Å². The van der Waals surface area contributed by atoms with Crippen molar-refractivity contribution in [2.45, 2.75) is 26.7 Å². The lowest BCUT2D eigenvalue weighted by molar-refractivity contribution is 0.576. The molecule has 0 fully saturated rings. The van der Waals surface area contributed by atoms with Gasteiger partial charge in [0.25, 0.3) is 0 Å². The molecule has 0 aliphatic carbocycles. The van der Waals surface area contributed by atoms with Gasteiger partial charge in [-0.1, -0.05) is 35.9 Å². The molecule has 3 rings (SSSR count). The molecule has 1 aromatic carbocycles. The third-order valence-electron chi connectivity index (χ3n) is 3.49. The maximum atomic E-state index is 5.67. The average molecular weight is 277 g/mol. The Hall–Kier alpha value is -2.35. The van der Waals surface area contributed by atoms with Gasteiger partial charge in [0.05, 0.1) is 11.8 Å². The van der Waals surface area contributed by atoms with Crippen molar-refractivity contribution in [3.8, 4) is 11.5 Å². The van der Waals surface area contributed by atoms with E-state index in [0.29, 0.717) is 0 Å². The van der Waals surface area contributed by atoms with E-state index in [0.717, 1.165) is 35.2 Å². The number of nitrogens with zero attached hydrogens (tertiary/aromatic N) is 1. The zero-order chi connectivity index (χ0) is 14.7. The van der Waals surface area contributed by atoms with Crippen LogP contribution in [0.3, 0.4) is 0 Å². The minimum Gasteiger partial charge on any atom is -0.462 e. The number of furan rings is 1. The number of rotatable bonds is 4. The van der Waals surface area contributed by atoms with Crippen molar-refractivity contribution in [2.75, 3.05) is 0 Å². The quantitative estimate of drug-likeness (QED) is 0.597. The molecule has 0 radical (unpaired) electrons. The highest BCUT2D eigenvalue weighted by molar-refractivity contribution is 5.80. The molecule has 0 spiro atoms. The van der Waals surface area contributed by atoms with Crippen molar-refractivity contribution in [3.05, 3.63) is 65.9 Å². The molecule has 0 aliphatic heterocycles. The molecule has 0 N–H and O–H groups in total. The van der Waals surface area contributed by atoms with Crippen molar-refractivity contribution in [1.82, 2.24) is 4.98 Å². The molecule has 0 aliphatic rings. The third kappa shape index (κ3) is 3.22. The average Bonchev–Trinajstić information content (AvgIpc) is 2.95. The number of para-hydroxylation sites is 1. The van der Waals surface area contributed by atoms with Gasteiger partial charge in [-0.15, -0.1) is 0 Å². The number of allylic oxidation sites excluding steroid dienone is 2. The zero-order valence-electron chi connectivity index (χ0n) is 12.5. The van der Waals surface area contributed by atoms with E-state index < -0.39 is 0 Å². The van der Waals surface area contributed by atoms with Crippen molar-refractivity contribution in [1.29, 1.82) is 0 Å². The number of aromatic nitrogens is 1. The zero-order valence-corrected chi connectivity index (χ0v) is 12.5. The Kier molecular flexibility index (Phi) is 3.87. The standard InChI is InChI=1S/C19H19NO/c1-14(2)6-5-7-15-12-19(21-13-15)18-11-10-16-8-3-4-9-17(16)20-18/h3-4,6,8-13H,5,7H2,1-2H3. The largest absolute Gasteiger partial charge is 0.462 e. The number of pyridine rings is 1. The normalized spacial score (nSPS) is 10.8. The lowest BCUT2D eigenvalue weighted by atomic mass is 10.1. The van der Waals surface area contributed by atoms with Crippen LogP contribution in [0.4, 0.5) is 0 Å². The monoisotopic (exact) mass is 277 g/mol. The second kappa shape index (κ2) is 5.96. The van der Waals surface area contributed by atoms with E-state index in [1.165, 1.54) is 11.1 Å². The highest BCUT2D eigenvalue weighted by Crippen LogP contribution is 2.23. The van der Waals surface area contributed by atoms with Gasteiger partial charge in [-0.2, -0.15) is 0 Å². The summed E-state index contributed by atoms with van der Waals surface area (Å²) in [5.74, 6) is 0.841. The van der Waals surface area contributed by atoms with Gasteiger partial charge in [-0.05, 0) is 50.5 Å². The molecule has 3 aromatic rings. The van der Waals surface area contributed by atoms with E-state index in [1.54, 1.807) is 0 Å². The summed E-state index contributed by atoms with van der Waals surface area (Å²) < 4.78 is 5.67. The molecule has 2 heterocycles. The van der Waals surface area contributed by atoms with Crippen LogP contribution >= 0.6 is 0 Å². The molecule has 0 bridgehead atoms. The van der Waals surface area contributed by atoms with E-state index in [4.69, 9.17) is 4.42 Å². The van der Waals surface area contributed by atoms with Gasteiger partial charge >= 0.3 is 0 Å².